The molecular formula is C14H15N3S. The maximum absolute atomic E-state index is 4.10. The van der Waals surface area contributed by atoms with Crippen molar-refractivity contribution < 1.29 is 0 Å². The van der Waals surface area contributed by atoms with Crippen LogP contribution in [0.3, 0.4) is 0 Å². The molecule has 2 N–H and O–H groups in total. The summed E-state index contributed by atoms with van der Waals surface area (Å²) in [6, 6.07) is 10.8. The van der Waals surface area contributed by atoms with Crippen LogP contribution in [0.5, 0.6) is 0 Å². The lowest BCUT2D eigenvalue weighted by Crippen LogP contribution is -2.08. The summed E-state index contributed by atoms with van der Waals surface area (Å²) < 4.78 is 0. The third kappa shape index (κ3) is 1.99. The van der Waals surface area contributed by atoms with E-state index in [4.69, 9.17) is 0 Å². The number of nitrogens with zero attached hydrogens (tertiary/aromatic N) is 1. The lowest BCUT2D eigenvalue weighted by Gasteiger charge is -2.17. The van der Waals surface area contributed by atoms with Crippen LogP contribution in [-0.2, 0) is 0 Å². The van der Waals surface area contributed by atoms with Crippen molar-refractivity contribution >= 4 is 27.9 Å². The van der Waals surface area contributed by atoms with Gasteiger partial charge in [0.05, 0.1) is 17.8 Å². The highest BCUT2D eigenvalue weighted by atomic mass is 32.1. The molecule has 0 radical (unpaired) electrons. The Bertz CT molecular complexity index is 627. The van der Waals surface area contributed by atoms with E-state index in [1.165, 1.54) is 4.88 Å². The summed E-state index contributed by atoms with van der Waals surface area (Å²) in [6.45, 7) is 2.20. The van der Waals surface area contributed by atoms with E-state index in [9.17, 15) is 0 Å². The summed E-state index contributed by atoms with van der Waals surface area (Å²) in [5.74, 6) is 0. The Balaban J connectivity index is 1.93. The van der Waals surface area contributed by atoms with Crippen molar-refractivity contribution in [1.29, 1.82) is 0 Å². The van der Waals surface area contributed by atoms with Gasteiger partial charge in [-0.2, -0.15) is 5.10 Å². The first-order chi connectivity index (χ1) is 8.88. The number of aromatic nitrogens is 2. The van der Waals surface area contributed by atoms with E-state index in [0.717, 1.165) is 23.0 Å². The van der Waals surface area contributed by atoms with Crippen LogP contribution < -0.4 is 5.32 Å². The van der Waals surface area contributed by atoms with Crippen molar-refractivity contribution in [1.82, 2.24) is 10.2 Å². The van der Waals surface area contributed by atoms with E-state index in [2.05, 4.69) is 46.0 Å². The van der Waals surface area contributed by atoms with Crippen molar-refractivity contribution in [3.63, 3.8) is 0 Å². The first-order valence-corrected chi connectivity index (χ1v) is 6.98. The molecule has 4 heteroatoms. The lowest BCUT2D eigenvalue weighted by atomic mass is 10.1. The molecule has 1 atom stereocenters. The number of H-pyrrole nitrogens is 1. The second-order valence-electron chi connectivity index (χ2n) is 4.26. The second kappa shape index (κ2) is 4.82. The highest BCUT2D eigenvalue weighted by Crippen LogP contribution is 2.29. The highest BCUT2D eigenvalue weighted by molar-refractivity contribution is 7.10. The number of anilines is 1. The van der Waals surface area contributed by atoms with E-state index in [0.29, 0.717) is 6.04 Å². The third-order valence-corrected chi connectivity index (χ3v) is 4.10. The maximum atomic E-state index is 4.10. The molecule has 3 aromatic rings. The molecule has 0 aliphatic rings. The zero-order valence-electron chi connectivity index (χ0n) is 10.2. The van der Waals surface area contributed by atoms with Crippen LogP contribution in [0.1, 0.15) is 24.3 Å². The van der Waals surface area contributed by atoms with Gasteiger partial charge in [0.2, 0.25) is 0 Å². The van der Waals surface area contributed by atoms with E-state index in [1.54, 1.807) is 11.3 Å². The molecule has 0 bridgehead atoms. The molecule has 0 saturated heterocycles. The SMILES string of the molecule is CCC(Nc1cccc2[nH]ncc12)c1cccs1. The Labute approximate surface area is 110 Å². The van der Waals surface area contributed by atoms with Crippen molar-refractivity contribution in [3.8, 4) is 0 Å². The van der Waals surface area contributed by atoms with E-state index < -0.39 is 0 Å². The number of hydrogen-bond acceptors (Lipinski definition) is 3. The zero-order chi connectivity index (χ0) is 12.4. The Kier molecular flexibility index (Phi) is 3.02. The molecule has 0 amide bonds. The summed E-state index contributed by atoms with van der Waals surface area (Å²) in [5.41, 5.74) is 2.21. The Morgan fingerprint density at radius 2 is 2.28 bits per heavy atom. The fourth-order valence-corrected chi connectivity index (χ4v) is 3.01. The highest BCUT2D eigenvalue weighted by Gasteiger charge is 2.11. The standard InChI is InChI=1S/C14H15N3S/c1-2-11(14-7-4-8-18-14)16-12-5-3-6-13-10(12)9-15-17-13/h3-9,11,16H,2H2,1H3,(H,15,17). The molecule has 0 fully saturated rings. The number of nitrogens with one attached hydrogen (secondary N) is 2. The number of benzene rings is 1. The van der Waals surface area contributed by atoms with Crippen molar-refractivity contribution in [2.75, 3.05) is 5.32 Å². The van der Waals surface area contributed by atoms with Gasteiger partial charge in [0, 0.05) is 16.0 Å². The topological polar surface area (TPSA) is 40.7 Å². The van der Waals surface area contributed by atoms with Gasteiger partial charge in [-0.3, -0.25) is 5.10 Å². The summed E-state index contributed by atoms with van der Waals surface area (Å²) in [5, 5.41) is 14.0. The fraction of sp³-hybridized carbons (Fsp3) is 0.214. The van der Waals surface area contributed by atoms with Gasteiger partial charge < -0.3 is 5.32 Å². The molecule has 18 heavy (non-hydrogen) atoms. The monoisotopic (exact) mass is 257 g/mol. The molecular weight excluding hydrogens is 242 g/mol. The van der Waals surface area contributed by atoms with Crippen LogP contribution in [0, 0.1) is 0 Å². The second-order valence-corrected chi connectivity index (χ2v) is 5.24. The molecule has 0 saturated carbocycles. The Morgan fingerprint density at radius 3 is 3.06 bits per heavy atom. The molecule has 3 rings (SSSR count). The summed E-state index contributed by atoms with van der Waals surface area (Å²) >= 11 is 1.80. The predicted octanol–water partition coefficient (Wildman–Crippen LogP) is 4.19. The largest absolute Gasteiger partial charge is 0.377 e. The van der Waals surface area contributed by atoms with Crippen molar-refractivity contribution in [3.05, 3.63) is 46.8 Å². The van der Waals surface area contributed by atoms with Crippen LogP contribution in [0.25, 0.3) is 10.9 Å². The molecule has 1 aromatic carbocycles. The molecule has 3 nitrogen and oxygen atoms in total. The average Bonchev–Trinajstić information content (AvgIpc) is 3.06. The molecule has 0 aliphatic heterocycles. The number of fused-ring (bicyclic) bond motifs is 1. The Morgan fingerprint density at radius 1 is 1.33 bits per heavy atom. The number of thiophene rings is 1. The molecule has 0 aliphatic carbocycles. The quantitative estimate of drug-likeness (QED) is 0.736. The van der Waals surface area contributed by atoms with Crippen LogP contribution in [0.15, 0.2) is 41.9 Å². The minimum atomic E-state index is 0.366. The molecule has 2 heterocycles. The molecule has 2 aromatic heterocycles. The first-order valence-electron chi connectivity index (χ1n) is 6.10. The lowest BCUT2D eigenvalue weighted by molar-refractivity contribution is 0.765. The molecule has 92 valence electrons. The van der Waals surface area contributed by atoms with Crippen LogP contribution >= 0.6 is 11.3 Å². The summed E-state index contributed by atoms with van der Waals surface area (Å²) in [4.78, 5) is 1.37. The predicted molar refractivity (Wildman–Crippen MR) is 77.1 cm³/mol. The van der Waals surface area contributed by atoms with Crippen molar-refractivity contribution in [2.24, 2.45) is 0 Å². The number of rotatable bonds is 4. The smallest absolute Gasteiger partial charge is 0.0671 e. The van der Waals surface area contributed by atoms with Crippen LogP contribution in [0.2, 0.25) is 0 Å². The van der Waals surface area contributed by atoms with Gasteiger partial charge in [-0.1, -0.05) is 19.1 Å². The summed E-state index contributed by atoms with van der Waals surface area (Å²) in [6.07, 6.45) is 2.94. The van der Waals surface area contributed by atoms with E-state index >= 15 is 0 Å². The minimum Gasteiger partial charge on any atom is -0.377 e. The number of aromatic amines is 1. The van der Waals surface area contributed by atoms with Crippen LogP contribution in [0.4, 0.5) is 5.69 Å². The normalized spacial score (nSPS) is 12.7. The Hall–Kier alpha value is -1.81. The van der Waals surface area contributed by atoms with E-state index in [-0.39, 0.29) is 0 Å². The minimum absolute atomic E-state index is 0.366. The van der Waals surface area contributed by atoms with Crippen LogP contribution in [-0.4, -0.2) is 10.2 Å². The van der Waals surface area contributed by atoms with Gasteiger partial charge >= 0.3 is 0 Å². The first kappa shape index (κ1) is 11.3. The van der Waals surface area contributed by atoms with Gasteiger partial charge in [0.15, 0.2) is 0 Å². The van der Waals surface area contributed by atoms with Crippen molar-refractivity contribution in [2.45, 2.75) is 19.4 Å². The van der Waals surface area contributed by atoms with Gasteiger partial charge in [-0.15, -0.1) is 11.3 Å². The van der Waals surface area contributed by atoms with Gasteiger partial charge in [-0.25, -0.2) is 0 Å². The summed E-state index contributed by atoms with van der Waals surface area (Å²) in [7, 11) is 0. The maximum Gasteiger partial charge on any atom is 0.0671 e. The number of hydrogen-bond donors (Lipinski definition) is 2. The molecule has 1 unspecified atom stereocenters. The van der Waals surface area contributed by atoms with Gasteiger partial charge in [0.25, 0.3) is 0 Å². The third-order valence-electron chi connectivity index (χ3n) is 3.11. The molecule has 0 spiro atoms. The zero-order valence-corrected chi connectivity index (χ0v) is 11.0. The fourth-order valence-electron chi connectivity index (χ4n) is 2.15. The van der Waals surface area contributed by atoms with E-state index in [1.807, 2.05) is 18.3 Å². The average molecular weight is 257 g/mol. The van der Waals surface area contributed by atoms with Gasteiger partial charge in [0.1, 0.15) is 0 Å². The van der Waals surface area contributed by atoms with Gasteiger partial charge in [-0.05, 0) is 30.0 Å².